The highest BCUT2D eigenvalue weighted by Gasteiger charge is 2.30. The van der Waals surface area contributed by atoms with Gasteiger partial charge in [0.05, 0.1) is 23.9 Å². The molecule has 0 atom stereocenters. The number of hydrogen-bond acceptors (Lipinski definition) is 5. The second-order valence-corrected chi connectivity index (χ2v) is 6.28. The van der Waals surface area contributed by atoms with Crippen LogP contribution in [0.4, 0.5) is 18.9 Å². The van der Waals surface area contributed by atoms with Gasteiger partial charge >= 0.3 is 12.1 Å². The normalized spacial score (nSPS) is 11.5. The van der Waals surface area contributed by atoms with E-state index < -0.39 is 23.6 Å². The minimum Gasteiger partial charge on any atom is -0.478 e. The van der Waals surface area contributed by atoms with Gasteiger partial charge in [-0.25, -0.2) is 10.2 Å². The van der Waals surface area contributed by atoms with Crippen molar-refractivity contribution in [2.75, 3.05) is 11.9 Å². The molecule has 10 heteroatoms. The average Bonchev–Trinajstić information content (AvgIpc) is 3.20. The van der Waals surface area contributed by atoms with Crippen LogP contribution in [0.15, 0.2) is 70.2 Å². The number of hydrogen-bond donors (Lipinski definition) is 3. The minimum absolute atomic E-state index is 0.0781. The summed E-state index contributed by atoms with van der Waals surface area (Å²) in [6, 6.07) is 13.9. The molecule has 3 rings (SSSR count). The predicted octanol–water partition coefficient (Wildman–Crippen LogP) is 4.23. The van der Waals surface area contributed by atoms with E-state index in [4.69, 9.17) is 4.42 Å². The number of rotatable bonds is 7. The van der Waals surface area contributed by atoms with Gasteiger partial charge in [-0.2, -0.15) is 18.3 Å². The highest BCUT2D eigenvalue weighted by atomic mass is 19.4. The summed E-state index contributed by atoms with van der Waals surface area (Å²) in [7, 11) is 0. The Morgan fingerprint density at radius 2 is 1.84 bits per heavy atom. The Bertz CT molecular complexity index is 1120. The molecule has 0 aliphatic rings. The van der Waals surface area contributed by atoms with Gasteiger partial charge in [0, 0.05) is 11.3 Å². The van der Waals surface area contributed by atoms with Gasteiger partial charge in [-0.05, 0) is 36.4 Å². The quantitative estimate of drug-likeness (QED) is 0.384. The fourth-order valence-corrected chi connectivity index (χ4v) is 2.65. The van der Waals surface area contributed by atoms with Crippen LogP contribution in [0.2, 0.25) is 0 Å². The Morgan fingerprint density at radius 1 is 1.06 bits per heavy atom. The lowest BCUT2D eigenvalue weighted by Crippen LogP contribution is -2.26. The summed E-state index contributed by atoms with van der Waals surface area (Å²) >= 11 is 0. The number of furan rings is 1. The first-order chi connectivity index (χ1) is 14.7. The van der Waals surface area contributed by atoms with Crippen LogP contribution in [-0.4, -0.2) is 29.7 Å². The van der Waals surface area contributed by atoms with Crippen molar-refractivity contribution in [3.05, 3.63) is 77.6 Å². The molecule has 0 radical (unpaired) electrons. The van der Waals surface area contributed by atoms with E-state index in [1.54, 1.807) is 30.3 Å². The van der Waals surface area contributed by atoms with Gasteiger partial charge < -0.3 is 14.8 Å². The average molecular weight is 431 g/mol. The van der Waals surface area contributed by atoms with Gasteiger partial charge in [0.15, 0.2) is 0 Å². The lowest BCUT2D eigenvalue weighted by Gasteiger charge is -2.09. The molecule has 0 spiro atoms. The summed E-state index contributed by atoms with van der Waals surface area (Å²) in [5.41, 5.74) is 2.00. The number of amides is 1. The maximum Gasteiger partial charge on any atom is 0.416 e. The minimum atomic E-state index is -4.48. The number of carbonyl (C=O) groups excluding carboxylic acids is 1. The number of nitrogens with zero attached hydrogens (tertiary/aromatic N) is 1. The summed E-state index contributed by atoms with van der Waals surface area (Å²) in [6.07, 6.45) is -3.26. The smallest absolute Gasteiger partial charge is 0.416 e. The Labute approximate surface area is 174 Å². The van der Waals surface area contributed by atoms with E-state index >= 15 is 0 Å². The third-order valence-electron chi connectivity index (χ3n) is 4.07. The SMILES string of the molecule is O=C(CNc1cccc(C(F)(F)F)c1)N/N=C\c1ccc(-c2ccccc2C(=O)O)o1. The third-order valence-corrected chi connectivity index (χ3v) is 4.07. The number of benzene rings is 2. The lowest BCUT2D eigenvalue weighted by atomic mass is 10.1. The monoisotopic (exact) mass is 431 g/mol. The van der Waals surface area contributed by atoms with Crippen LogP contribution < -0.4 is 10.7 Å². The second-order valence-electron chi connectivity index (χ2n) is 6.28. The maximum atomic E-state index is 12.7. The van der Waals surface area contributed by atoms with Crippen molar-refractivity contribution in [1.29, 1.82) is 0 Å². The van der Waals surface area contributed by atoms with Crippen molar-refractivity contribution in [1.82, 2.24) is 5.43 Å². The number of alkyl halides is 3. The van der Waals surface area contributed by atoms with Crippen LogP contribution in [0.25, 0.3) is 11.3 Å². The van der Waals surface area contributed by atoms with E-state index in [1.165, 1.54) is 24.4 Å². The van der Waals surface area contributed by atoms with E-state index in [0.717, 1.165) is 12.1 Å². The molecule has 0 aliphatic heterocycles. The zero-order chi connectivity index (χ0) is 22.4. The molecule has 0 saturated carbocycles. The summed E-state index contributed by atoms with van der Waals surface area (Å²) in [4.78, 5) is 23.1. The highest BCUT2D eigenvalue weighted by molar-refractivity contribution is 5.95. The maximum absolute atomic E-state index is 12.7. The predicted molar refractivity (Wildman–Crippen MR) is 107 cm³/mol. The van der Waals surface area contributed by atoms with Crippen molar-refractivity contribution < 1.29 is 32.3 Å². The second kappa shape index (κ2) is 9.16. The van der Waals surface area contributed by atoms with Gasteiger partial charge in [-0.15, -0.1) is 0 Å². The summed E-state index contributed by atoms with van der Waals surface area (Å²) < 4.78 is 43.6. The Hall–Kier alpha value is -4.08. The topological polar surface area (TPSA) is 104 Å². The molecule has 0 saturated heterocycles. The van der Waals surface area contributed by atoms with Gasteiger partial charge in [-0.3, -0.25) is 4.79 Å². The van der Waals surface area contributed by atoms with E-state index in [2.05, 4.69) is 15.8 Å². The molecular weight excluding hydrogens is 415 g/mol. The van der Waals surface area contributed by atoms with Crippen LogP contribution >= 0.6 is 0 Å². The fourth-order valence-electron chi connectivity index (χ4n) is 2.65. The van der Waals surface area contributed by atoms with E-state index in [9.17, 15) is 27.9 Å². The number of halogens is 3. The van der Waals surface area contributed by atoms with Crippen molar-refractivity contribution in [3.8, 4) is 11.3 Å². The summed E-state index contributed by atoms with van der Waals surface area (Å²) in [5, 5.41) is 15.6. The number of carboxylic acid groups (broad SMARTS) is 1. The number of anilines is 1. The van der Waals surface area contributed by atoms with Crippen LogP contribution in [0.3, 0.4) is 0 Å². The Balaban J connectivity index is 1.56. The van der Waals surface area contributed by atoms with Gasteiger partial charge in [0.1, 0.15) is 11.5 Å². The zero-order valence-corrected chi connectivity index (χ0v) is 15.8. The van der Waals surface area contributed by atoms with Crippen molar-refractivity contribution in [3.63, 3.8) is 0 Å². The van der Waals surface area contributed by atoms with Crippen LogP contribution in [0.5, 0.6) is 0 Å². The molecule has 3 N–H and O–H groups in total. The van der Waals surface area contributed by atoms with E-state index in [0.29, 0.717) is 11.3 Å². The molecule has 7 nitrogen and oxygen atoms in total. The largest absolute Gasteiger partial charge is 0.478 e. The molecule has 1 heterocycles. The molecule has 31 heavy (non-hydrogen) atoms. The van der Waals surface area contributed by atoms with E-state index in [-0.39, 0.29) is 23.6 Å². The fraction of sp³-hybridized carbons (Fsp3) is 0.0952. The highest BCUT2D eigenvalue weighted by Crippen LogP contribution is 2.30. The lowest BCUT2D eigenvalue weighted by molar-refractivity contribution is -0.137. The van der Waals surface area contributed by atoms with Crippen molar-refractivity contribution in [2.24, 2.45) is 5.10 Å². The number of carboxylic acids is 1. The molecule has 1 amide bonds. The van der Waals surface area contributed by atoms with E-state index in [1.807, 2.05) is 0 Å². The van der Waals surface area contributed by atoms with Gasteiger partial charge in [0.2, 0.25) is 0 Å². The first kappa shape index (κ1) is 21.6. The molecule has 3 aromatic rings. The molecule has 2 aromatic carbocycles. The van der Waals surface area contributed by atoms with Crippen molar-refractivity contribution >= 4 is 23.8 Å². The Kier molecular flexibility index (Phi) is 6.39. The molecule has 0 fully saturated rings. The molecule has 0 bridgehead atoms. The standard InChI is InChI=1S/C21H16F3N3O4/c22-21(23,24)13-4-3-5-14(10-13)25-12-19(28)27-26-11-15-8-9-18(31-15)16-6-1-2-7-17(16)20(29)30/h1-11,25H,12H2,(H,27,28)(H,29,30)/b26-11-. The number of aromatic carboxylic acids is 1. The van der Waals surface area contributed by atoms with Crippen LogP contribution in [-0.2, 0) is 11.0 Å². The first-order valence-corrected chi connectivity index (χ1v) is 8.89. The van der Waals surface area contributed by atoms with Gasteiger partial charge in [0.25, 0.3) is 5.91 Å². The number of carbonyl (C=O) groups is 2. The molecular formula is C21H16F3N3O4. The third kappa shape index (κ3) is 5.72. The molecule has 1 aromatic heterocycles. The van der Waals surface area contributed by atoms with Crippen molar-refractivity contribution in [2.45, 2.75) is 6.18 Å². The van der Waals surface area contributed by atoms with Crippen LogP contribution in [0.1, 0.15) is 21.7 Å². The van der Waals surface area contributed by atoms with Crippen LogP contribution in [0, 0.1) is 0 Å². The molecule has 160 valence electrons. The summed E-state index contributed by atoms with van der Waals surface area (Å²) in [6.45, 7) is -0.298. The number of nitrogens with one attached hydrogen (secondary N) is 2. The van der Waals surface area contributed by atoms with Gasteiger partial charge in [-0.1, -0.05) is 24.3 Å². The zero-order valence-electron chi connectivity index (χ0n) is 15.8. The molecule has 0 unspecified atom stereocenters. The first-order valence-electron chi connectivity index (χ1n) is 8.89. The summed E-state index contributed by atoms with van der Waals surface area (Å²) in [5.74, 6) is -1.10. The Morgan fingerprint density at radius 3 is 2.58 bits per heavy atom. The number of hydrazone groups is 1. The molecule has 0 aliphatic carbocycles.